The third-order valence-electron chi connectivity index (χ3n) is 4.38. The summed E-state index contributed by atoms with van der Waals surface area (Å²) in [6.45, 7) is 2.65. The van der Waals surface area contributed by atoms with Crippen LogP contribution in [0.2, 0.25) is 0 Å². The smallest absolute Gasteiger partial charge is 0.343 e. The third kappa shape index (κ3) is 6.48. The normalized spacial score (nSPS) is 12.3. The molecular formula is C23H28O8S. The molecule has 2 aromatic carbocycles. The SMILES string of the molecule is COc1cc(OC)c(/C=C/S(=O)Cc2ccc(OC)c(OC(=O)C(C)(C)O)c2)c(OC)c1. The van der Waals surface area contributed by atoms with Gasteiger partial charge in [-0.3, -0.25) is 4.21 Å². The van der Waals surface area contributed by atoms with Crippen molar-refractivity contribution in [2.24, 2.45) is 0 Å². The van der Waals surface area contributed by atoms with Gasteiger partial charge in [0, 0.05) is 17.5 Å². The van der Waals surface area contributed by atoms with E-state index in [0.29, 0.717) is 34.1 Å². The van der Waals surface area contributed by atoms with Crippen molar-refractivity contribution >= 4 is 22.8 Å². The zero-order valence-corrected chi connectivity index (χ0v) is 19.8. The molecule has 0 aromatic heterocycles. The Morgan fingerprint density at radius 1 is 0.938 bits per heavy atom. The maximum absolute atomic E-state index is 12.7. The number of ether oxygens (including phenoxy) is 5. The first-order valence-electron chi connectivity index (χ1n) is 9.59. The summed E-state index contributed by atoms with van der Waals surface area (Å²) in [5, 5.41) is 11.3. The predicted octanol–water partition coefficient (Wildman–Crippen LogP) is 3.32. The van der Waals surface area contributed by atoms with Crippen LogP contribution in [0.15, 0.2) is 35.7 Å². The Kier molecular flexibility index (Phi) is 8.68. The molecule has 9 heteroatoms. The zero-order chi connectivity index (χ0) is 23.9. The van der Waals surface area contributed by atoms with E-state index >= 15 is 0 Å². The van der Waals surface area contributed by atoms with Crippen LogP contribution in [0.5, 0.6) is 28.7 Å². The summed E-state index contributed by atoms with van der Waals surface area (Å²) >= 11 is 0. The third-order valence-corrected chi connectivity index (χ3v) is 5.44. The lowest BCUT2D eigenvalue weighted by molar-refractivity contribution is -0.151. The summed E-state index contributed by atoms with van der Waals surface area (Å²) in [7, 11) is 4.63. The number of aliphatic hydroxyl groups is 1. The number of rotatable bonds is 10. The van der Waals surface area contributed by atoms with Gasteiger partial charge in [-0.05, 0) is 37.6 Å². The Hall–Kier alpha value is -3.04. The highest BCUT2D eigenvalue weighted by molar-refractivity contribution is 7.87. The minimum atomic E-state index is -1.66. The van der Waals surface area contributed by atoms with Gasteiger partial charge in [0.25, 0.3) is 0 Å². The second-order valence-electron chi connectivity index (χ2n) is 7.21. The Balaban J connectivity index is 2.24. The molecule has 0 saturated heterocycles. The molecule has 0 aliphatic heterocycles. The summed E-state index contributed by atoms with van der Waals surface area (Å²) < 4.78 is 39.2. The van der Waals surface area contributed by atoms with Crippen LogP contribution in [0.25, 0.3) is 6.08 Å². The summed E-state index contributed by atoms with van der Waals surface area (Å²) in [6, 6.07) is 8.30. The van der Waals surface area contributed by atoms with Crippen molar-refractivity contribution < 1.29 is 37.8 Å². The van der Waals surface area contributed by atoms with Gasteiger partial charge in [0.2, 0.25) is 0 Å². The highest BCUT2D eigenvalue weighted by atomic mass is 32.2. The van der Waals surface area contributed by atoms with Crippen molar-refractivity contribution in [2.45, 2.75) is 25.2 Å². The first-order valence-corrected chi connectivity index (χ1v) is 11.0. The van der Waals surface area contributed by atoms with E-state index in [1.807, 2.05) is 0 Å². The number of esters is 1. The van der Waals surface area contributed by atoms with Crippen molar-refractivity contribution in [1.82, 2.24) is 0 Å². The van der Waals surface area contributed by atoms with Crippen LogP contribution in [0.1, 0.15) is 25.0 Å². The quantitative estimate of drug-likeness (QED) is 0.422. The standard InChI is InChI=1S/C23H28O8S/c1-23(2,25)22(24)31-21-11-15(7-8-18(21)28-4)14-32(26)10-9-17-19(29-5)12-16(27-3)13-20(17)30-6/h7-13,25H,14H2,1-6H3/b10-9+. The molecule has 0 radical (unpaired) electrons. The van der Waals surface area contributed by atoms with Crippen molar-refractivity contribution in [1.29, 1.82) is 0 Å². The summed E-state index contributed by atoms with van der Waals surface area (Å²) in [5.41, 5.74) is -0.386. The van der Waals surface area contributed by atoms with Gasteiger partial charge in [-0.1, -0.05) is 6.07 Å². The van der Waals surface area contributed by atoms with Crippen LogP contribution in [-0.4, -0.2) is 49.3 Å². The molecule has 1 unspecified atom stereocenters. The van der Waals surface area contributed by atoms with Crippen molar-refractivity contribution in [3.05, 3.63) is 46.9 Å². The average Bonchev–Trinajstić information content (AvgIpc) is 2.76. The fraction of sp³-hybridized carbons (Fsp3) is 0.348. The molecule has 0 saturated carbocycles. The molecule has 0 aliphatic rings. The summed E-state index contributed by atoms with van der Waals surface area (Å²) in [5.74, 6) is 1.39. The van der Waals surface area contributed by atoms with E-state index in [9.17, 15) is 14.1 Å². The molecule has 0 fully saturated rings. The summed E-state index contributed by atoms with van der Waals surface area (Å²) in [6.07, 6.45) is 1.66. The minimum absolute atomic E-state index is 0.136. The van der Waals surface area contributed by atoms with Crippen LogP contribution < -0.4 is 23.7 Å². The average molecular weight is 465 g/mol. The van der Waals surface area contributed by atoms with Crippen LogP contribution in [0.3, 0.4) is 0 Å². The van der Waals surface area contributed by atoms with E-state index < -0.39 is 22.4 Å². The number of carbonyl (C=O) groups excluding carboxylic acids is 1. The molecule has 8 nitrogen and oxygen atoms in total. The Morgan fingerprint density at radius 2 is 1.53 bits per heavy atom. The fourth-order valence-corrected chi connectivity index (χ4v) is 3.56. The van der Waals surface area contributed by atoms with Crippen molar-refractivity contribution in [3.8, 4) is 28.7 Å². The highest BCUT2D eigenvalue weighted by Crippen LogP contribution is 2.35. The Bertz CT molecular complexity index is 983. The lowest BCUT2D eigenvalue weighted by Gasteiger charge is -2.17. The van der Waals surface area contributed by atoms with Crippen LogP contribution in [0.4, 0.5) is 0 Å². The zero-order valence-electron chi connectivity index (χ0n) is 19.0. The van der Waals surface area contributed by atoms with Gasteiger partial charge in [-0.2, -0.15) is 0 Å². The predicted molar refractivity (Wildman–Crippen MR) is 122 cm³/mol. The first kappa shape index (κ1) is 25.2. The molecule has 2 aromatic rings. The van der Waals surface area contributed by atoms with Gasteiger partial charge in [-0.25, -0.2) is 4.79 Å². The lowest BCUT2D eigenvalue weighted by atomic mass is 10.1. The maximum atomic E-state index is 12.7. The molecule has 0 spiro atoms. The molecule has 0 aliphatic carbocycles. The molecule has 32 heavy (non-hydrogen) atoms. The van der Waals surface area contributed by atoms with Crippen LogP contribution in [0, 0.1) is 0 Å². The molecular weight excluding hydrogens is 436 g/mol. The second kappa shape index (κ2) is 11.0. The molecule has 0 amide bonds. The first-order chi connectivity index (χ1) is 15.1. The van der Waals surface area contributed by atoms with Gasteiger partial charge in [0.1, 0.15) is 17.2 Å². The Labute approximate surface area is 190 Å². The number of carbonyl (C=O) groups is 1. The van der Waals surface area contributed by atoms with E-state index in [1.165, 1.54) is 40.6 Å². The van der Waals surface area contributed by atoms with Crippen molar-refractivity contribution in [2.75, 3.05) is 28.4 Å². The monoisotopic (exact) mass is 464 g/mol. The van der Waals surface area contributed by atoms with Gasteiger partial charge in [-0.15, -0.1) is 0 Å². The van der Waals surface area contributed by atoms with Gasteiger partial charge in [0.05, 0.1) is 50.6 Å². The number of hydrogen-bond acceptors (Lipinski definition) is 8. The van der Waals surface area contributed by atoms with E-state index in [4.69, 9.17) is 23.7 Å². The number of hydrogen-bond donors (Lipinski definition) is 1. The van der Waals surface area contributed by atoms with Gasteiger partial charge < -0.3 is 28.8 Å². The topological polar surface area (TPSA) is 101 Å². The minimum Gasteiger partial charge on any atom is -0.496 e. The van der Waals surface area contributed by atoms with E-state index in [2.05, 4.69) is 0 Å². The number of benzene rings is 2. The Morgan fingerprint density at radius 3 is 2.03 bits per heavy atom. The number of methoxy groups -OCH3 is 4. The van der Waals surface area contributed by atoms with E-state index in [1.54, 1.807) is 43.5 Å². The van der Waals surface area contributed by atoms with Crippen molar-refractivity contribution in [3.63, 3.8) is 0 Å². The molecule has 0 heterocycles. The van der Waals surface area contributed by atoms with E-state index in [-0.39, 0.29) is 11.5 Å². The lowest BCUT2D eigenvalue weighted by Crippen LogP contribution is -2.35. The molecule has 1 N–H and O–H groups in total. The maximum Gasteiger partial charge on any atom is 0.343 e. The molecule has 0 bridgehead atoms. The highest BCUT2D eigenvalue weighted by Gasteiger charge is 2.27. The molecule has 1 atom stereocenters. The molecule has 174 valence electrons. The van der Waals surface area contributed by atoms with Gasteiger partial charge in [0.15, 0.2) is 17.1 Å². The van der Waals surface area contributed by atoms with Crippen LogP contribution in [-0.2, 0) is 21.3 Å². The van der Waals surface area contributed by atoms with E-state index in [0.717, 1.165) is 0 Å². The fourth-order valence-electron chi connectivity index (χ4n) is 2.67. The summed E-state index contributed by atoms with van der Waals surface area (Å²) in [4.78, 5) is 12.0. The second-order valence-corrected chi connectivity index (χ2v) is 8.53. The van der Waals surface area contributed by atoms with Crippen LogP contribution >= 0.6 is 0 Å². The molecule has 2 rings (SSSR count). The largest absolute Gasteiger partial charge is 0.496 e. The van der Waals surface area contributed by atoms with Gasteiger partial charge >= 0.3 is 5.97 Å².